The van der Waals surface area contributed by atoms with E-state index in [9.17, 15) is 31.5 Å². The van der Waals surface area contributed by atoms with Gasteiger partial charge in [0.2, 0.25) is 29.1 Å². The molecular formula is C23H19F5N2O4. The molecule has 0 saturated carbocycles. The summed E-state index contributed by atoms with van der Waals surface area (Å²) < 4.78 is 77.5. The number of rotatable bonds is 4. The average Bonchev–Trinajstić information content (AvgIpc) is 3.35. The minimum Gasteiger partial charge on any atom is -0.477 e. The number of hydrogen-bond donors (Lipinski definition) is 0. The number of carbonyl (C=O) groups is 2. The van der Waals surface area contributed by atoms with E-state index in [1.807, 2.05) is 24.3 Å². The summed E-state index contributed by atoms with van der Waals surface area (Å²) in [4.78, 5) is 28.1. The SMILES string of the molecule is O=C(COc1c(F)c(F)c(F)c(F)c1F)N1CCC(N2C(=O)OC3Cc4ccccc4C32)CC1. The van der Waals surface area contributed by atoms with Crippen LogP contribution in [0, 0.1) is 29.1 Å². The summed E-state index contributed by atoms with van der Waals surface area (Å²) in [5.41, 5.74) is 2.18. The van der Waals surface area contributed by atoms with E-state index >= 15 is 0 Å². The molecule has 0 spiro atoms. The lowest BCUT2D eigenvalue weighted by Gasteiger charge is -2.37. The van der Waals surface area contributed by atoms with Crippen molar-refractivity contribution < 1.29 is 41.0 Å². The van der Waals surface area contributed by atoms with Crippen molar-refractivity contribution in [2.75, 3.05) is 19.7 Å². The van der Waals surface area contributed by atoms with Crippen LogP contribution in [0.5, 0.6) is 5.75 Å². The van der Waals surface area contributed by atoms with E-state index in [0.717, 1.165) is 11.1 Å². The number of fused-ring (bicyclic) bond motifs is 3. The van der Waals surface area contributed by atoms with Gasteiger partial charge in [-0.05, 0) is 24.0 Å². The smallest absolute Gasteiger partial charge is 0.411 e. The Kier molecular flexibility index (Phi) is 5.57. The number of benzene rings is 2. The second kappa shape index (κ2) is 8.44. The summed E-state index contributed by atoms with van der Waals surface area (Å²) in [7, 11) is 0. The van der Waals surface area contributed by atoms with Gasteiger partial charge >= 0.3 is 6.09 Å². The molecule has 2 aliphatic heterocycles. The molecule has 1 aliphatic carbocycles. The van der Waals surface area contributed by atoms with E-state index in [0.29, 0.717) is 19.3 Å². The number of halogens is 5. The molecule has 0 radical (unpaired) electrons. The maximum atomic E-state index is 13.7. The Balaban J connectivity index is 1.22. The van der Waals surface area contributed by atoms with Crippen molar-refractivity contribution >= 4 is 12.0 Å². The molecule has 0 aromatic heterocycles. The second-order valence-corrected chi connectivity index (χ2v) is 8.48. The minimum absolute atomic E-state index is 0.172. The monoisotopic (exact) mass is 482 g/mol. The van der Waals surface area contributed by atoms with Crippen molar-refractivity contribution in [3.05, 3.63) is 64.5 Å². The van der Waals surface area contributed by atoms with Gasteiger partial charge in [0.1, 0.15) is 6.10 Å². The highest BCUT2D eigenvalue weighted by molar-refractivity contribution is 5.78. The summed E-state index contributed by atoms with van der Waals surface area (Å²) in [5.74, 6) is -13.0. The largest absolute Gasteiger partial charge is 0.477 e. The highest BCUT2D eigenvalue weighted by Gasteiger charge is 2.50. The number of hydrogen-bond acceptors (Lipinski definition) is 4. The molecule has 2 atom stereocenters. The van der Waals surface area contributed by atoms with Gasteiger partial charge in [-0.2, -0.15) is 8.78 Å². The third kappa shape index (κ3) is 3.54. The summed E-state index contributed by atoms with van der Waals surface area (Å²) in [6.07, 6.45) is 0.877. The van der Waals surface area contributed by atoms with Gasteiger partial charge in [-0.15, -0.1) is 0 Å². The lowest BCUT2D eigenvalue weighted by Crippen LogP contribution is -2.48. The molecule has 2 saturated heterocycles. The van der Waals surface area contributed by atoms with E-state index in [2.05, 4.69) is 4.74 Å². The molecular weight excluding hydrogens is 463 g/mol. The summed E-state index contributed by atoms with van der Waals surface area (Å²) in [6.45, 7) is -0.438. The molecule has 5 rings (SSSR count). The van der Waals surface area contributed by atoms with E-state index in [4.69, 9.17) is 4.74 Å². The predicted molar refractivity (Wildman–Crippen MR) is 106 cm³/mol. The molecule has 180 valence electrons. The zero-order chi connectivity index (χ0) is 24.1. The molecule has 11 heteroatoms. The number of carbonyl (C=O) groups excluding carboxylic acids is 2. The van der Waals surface area contributed by atoms with Crippen LogP contribution in [-0.4, -0.2) is 53.6 Å². The first-order chi connectivity index (χ1) is 16.3. The summed E-state index contributed by atoms with van der Waals surface area (Å²) in [5, 5.41) is 0. The summed E-state index contributed by atoms with van der Waals surface area (Å²) >= 11 is 0. The van der Waals surface area contributed by atoms with Gasteiger partial charge in [0.25, 0.3) is 5.91 Å². The average molecular weight is 482 g/mol. The Labute approximate surface area is 190 Å². The first kappa shape index (κ1) is 22.4. The zero-order valence-electron chi connectivity index (χ0n) is 17.7. The Morgan fingerprint density at radius 3 is 2.26 bits per heavy atom. The lowest BCUT2D eigenvalue weighted by atomic mass is 9.99. The van der Waals surface area contributed by atoms with Crippen molar-refractivity contribution in [2.45, 2.75) is 37.5 Å². The van der Waals surface area contributed by atoms with Crippen LogP contribution in [0.25, 0.3) is 0 Å². The molecule has 3 aliphatic rings. The third-order valence-corrected chi connectivity index (χ3v) is 6.63. The molecule has 2 aromatic carbocycles. The van der Waals surface area contributed by atoms with Crippen molar-refractivity contribution in [1.82, 2.24) is 9.80 Å². The highest BCUT2D eigenvalue weighted by Crippen LogP contribution is 2.44. The number of piperidine rings is 1. The van der Waals surface area contributed by atoms with Gasteiger partial charge in [0.15, 0.2) is 12.4 Å². The van der Waals surface area contributed by atoms with E-state index in [1.165, 1.54) is 4.90 Å². The predicted octanol–water partition coefficient (Wildman–Crippen LogP) is 3.87. The number of ether oxygens (including phenoxy) is 2. The van der Waals surface area contributed by atoms with Crippen molar-refractivity contribution in [2.24, 2.45) is 0 Å². The molecule has 0 N–H and O–H groups in total. The first-order valence-corrected chi connectivity index (χ1v) is 10.8. The lowest BCUT2D eigenvalue weighted by molar-refractivity contribution is -0.134. The van der Waals surface area contributed by atoms with Crippen molar-refractivity contribution in [1.29, 1.82) is 0 Å². The Bertz CT molecular complexity index is 1140. The second-order valence-electron chi connectivity index (χ2n) is 8.48. The van der Waals surface area contributed by atoms with Gasteiger partial charge < -0.3 is 14.4 Å². The van der Waals surface area contributed by atoms with Crippen LogP contribution in [0.4, 0.5) is 26.7 Å². The van der Waals surface area contributed by atoms with Crippen LogP contribution in [0.1, 0.15) is 30.0 Å². The van der Waals surface area contributed by atoms with Crippen LogP contribution in [0.3, 0.4) is 0 Å². The molecule has 2 amide bonds. The first-order valence-electron chi connectivity index (χ1n) is 10.8. The van der Waals surface area contributed by atoms with E-state index < -0.39 is 53.4 Å². The standard InChI is InChI=1S/C23H19F5N2O4/c24-16-17(25)19(27)22(20(28)18(16)26)33-10-15(31)29-7-5-12(6-8-29)30-21-13-4-2-1-3-11(13)9-14(21)34-23(30)32/h1-4,12,14,21H,5-10H2. The molecule has 6 nitrogen and oxygen atoms in total. The van der Waals surface area contributed by atoms with Crippen LogP contribution >= 0.6 is 0 Å². The summed E-state index contributed by atoms with van der Waals surface area (Å²) in [6, 6.07) is 7.47. The Hall–Kier alpha value is -3.37. The Morgan fingerprint density at radius 2 is 1.59 bits per heavy atom. The molecule has 2 fully saturated rings. The molecule has 2 aromatic rings. The van der Waals surface area contributed by atoms with Gasteiger partial charge in [-0.1, -0.05) is 24.3 Å². The maximum Gasteiger partial charge on any atom is 0.411 e. The van der Waals surface area contributed by atoms with Crippen LogP contribution < -0.4 is 4.74 Å². The van der Waals surface area contributed by atoms with E-state index in [-0.39, 0.29) is 31.3 Å². The molecule has 0 bridgehead atoms. The highest BCUT2D eigenvalue weighted by atomic mass is 19.2. The van der Waals surface area contributed by atoms with Crippen molar-refractivity contribution in [3.8, 4) is 5.75 Å². The fourth-order valence-corrected chi connectivity index (χ4v) is 4.98. The minimum atomic E-state index is -2.30. The van der Waals surface area contributed by atoms with E-state index in [1.54, 1.807) is 4.90 Å². The number of likely N-dealkylation sites (tertiary alicyclic amines) is 1. The van der Waals surface area contributed by atoms with Crippen LogP contribution in [-0.2, 0) is 16.0 Å². The van der Waals surface area contributed by atoms with Gasteiger partial charge in [0.05, 0.1) is 6.04 Å². The normalized spacial score (nSPS) is 22.0. The molecule has 2 heterocycles. The van der Waals surface area contributed by atoms with Gasteiger partial charge in [0, 0.05) is 25.6 Å². The maximum absolute atomic E-state index is 13.7. The fourth-order valence-electron chi connectivity index (χ4n) is 4.98. The Morgan fingerprint density at radius 1 is 0.971 bits per heavy atom. The number of nitrogens with zero attached hydrogens (tertiary/aromatic N) is 2. The van der Waals surface area contributed by atoms with Gasteiger partial charge in [-0.25, -0.2) is 18.0 Å². The molecule has 34 heavy (non-hydrogen) atoms. The third-order valence-electron chi connectivity index (χ3n) is 6.63. The number of amides is 2. The van der Waals surface area contributed by atoms with Crippen LogP contribution in [0.15, 0.2) is 24.3 Å². The molecule has 2 unspecified atom stereocenters. The zero-order valence-corrected chi connectivity index (χ0v) is 17.7. The van der Waals surface area contributed by atoms with Gasteiger partial charge in [-0.3, -0.25) is 9.69 Å². The quantitative estimate of drug-likeness (QED) is 0.377. The fraction of sp³-hybridized carbons (Fsp3) is 0.391. The van der Waals surface area contributed by atoms with Crippen LogP contribution in [0.2, 0.25) is 0 Å². The topological polar surface area (TPSA) is 59.1 Å². The van der Waals surface area contributed by atoms with Crippen molar-refractivity contribution in [3.63, 3.8) is 0 Å².